The predicted molar refractivity (Wildman–Crippen MR) is 298 cm³/mol. The number of hydrogen-bond donors (Lipinski definition) is 20. The molecule has 21 N–H and O–H groups in total. The molecule has 29 nitrogen and oxygen atoms in total. The van der Waals surface area contributed by atoms with E-state index in [1.54, 1.807) is 44.2 Å². The molecule has 0 aromatic heterocycles. The third kappa shape index (κ3) is 26.8. The monoisotopic (exact) mass is 1170 g/mol. The lowest BCUT2D eigenvalue weighted by atomic mass is 10.0. The van der Waals surface area contributed by atoms with Crippen molar-refractivity contribution in [3.05, 3.63) is 35.9 Å². The molecule has 0 aliphatic heterocycles. The Kier molecular flexibility index (Phi) is 33.4. The summed E-state index contributed by atoms with van der Waals surface area (Å²) in [6, 6.07) is -6.40. The standard InChI is InChI=1S/C47H78N14O15S3/c1-23(2)16-29(39(68)54-28(46(75)76)13-9-15-52-47(50)51)56-45(74)36(24(3)63)61-41(70)31(19-62)57-40(69)30(18-35(64)65)55-43(72)34(22-79)59-38(67)27(12-7-8-14-48)53-42(71)33(21-78)60-44(73)32(20-77)58-37(66)26(49)17-25-10-5-4-6-11-25/h4-6,10-11,23-24,26-34,36,62-63,77-79H,7-9,12-22,48-49H2,1-3H3,(H,53,71)(H,54,68)(H,55,72)(H,56,74)(H,57,69)(H,58,66)(H,59,67)(H,60,73)(H,61,70)(H,64,65)(H,75,76)(H4,50,51,52)/t24-,26+,27+,28+,29+,30+,31+,32+,33+,34+,36+/m1/s1. The van der Waals surface area contributed by atoms with Crippen LogP contribution in [0.15, 0.2) is 35.3 Å². The molecule has 444 valence electrons. The summed E-state index contributed by atoms with van der Waals surface area (Å²) >= 11 is 12.5. The molecule has 1 aromatic rings. The van der Waals surface area contributed by atoms with Gasteiger partial charge in [0.25, 0.3) is 0 Å². The Morgan fingerprint density at radius 3 is 1.46 bits per heavy atom. The molecule has 1 rings (SSSR count). The van der Waals surface area contributed by atoms with Crippen molar-refractivity contribution in [2.75, 3.05) is 37.0 Å². The third-order valence-corrected chi connectivity index (χ3v) is 12.5. The largest absolute Gasteiger partial charge is 0.481 e. The average Bonchev–Trinajstić information content (AvgIpc) is 3.39. The van der Waals surface area contributed by atoms with E-state index < -0.39 is 150 Å². The highest BCUT2D eigenvalue weighted by molar-refractivity contribution is 7.80. The molecular formula is C47H78N14O15S3. The smallest absolute Gasteiger partial charge is 0.326 e. The summed E-state index contributed by atoms with van der Waals surface area (Å²) in [6.45, 7) is 3.57. The molecule has 0 heterocycles. The number of carboxylic acid groups (broad SMARTS) is 2. The Bertz CT molecular complexity index is 2230. The van der Waals surface area contributed by atoms with Crippen LogP contribution in [0.25, 0.3) is 0 Å². The van der Waals surface area contributed by atoms with Gasteiger partial charge in [-0.1, -0.05) is 44.2 Å². The Balaban J connectivity index is 3.19. The van der Waals surface area contributed by atoms with Gasteiger partial charge in [-0.25, -0.2) is 4.79 Å². The first-order valence-corrected chi connectivity index (χ1v) is 27.0. The number of unbranched alkanes of at least 4 members (excludes halogenated alkanes) is 1. The van der Waals surface area contributed by atoms with Gasteiger partial charge in [0.1, 0.15) is 54.4 Å². The molecular weight excluding hydrogens is 1100 g/mol. The van der Waals surface area contributed by atoms with Gasteiger partial charge in [0.2, 0.25) is 53.2 Å². The van der Waals surface area contributed by atoms with Crippen LogP contribution in [-0.2, 0) is 59.2 Å². The third-order valence-electron chi connectivity index (χ3n) is 11.5. The Labute approximate surface area is 473 Å². The van der Waals surface area contributed by atoms with Crippen LogP contribution in [0.3, 0.4) is 0 Å². The fourth-order valence-corrected chi connectivity index (χ4v) is 7.95. The zero-order valence-electron chi connectivity index (χ0n) is 44.1. The molecule has 0 aliphatic carbocycles. The van der Waals surface area contributed by atoms with Gasteiger partial charge >= 0.3 is 11.9 Å². The molecule has 0 radical (unpaired) electrons. The van der Waals surface area contributed by atoms with Crippen molar-refractivity contribution in [2.24, 2.45) is 33.8 Å². The maximum absolute atomic E-state index is 13.8. The van der Waals surface area contributed by atoms with Crippen LogP contribution in [0.5, 0.6) is 0 Å². The molecule has 0 aliphatic rings. The van der Waals surface area contributed by atoms with E-state index in [-0.39, 0.29) is 75.0 Å². The number of aliphatic imine (C=N–C) groups is 1. The zero-order valence-corrected chi connectivity index (χ0v) is 46.8. The number of aliphatic hydroxyl groups is 2. The molecule has 1 aromatic carbocycles. The highest BCUT2D eigenvalue weighted by Gasteiger charge is 2.37. The van der Waals surface area contributed by atoms with Crippen molar-refractivity contribution in [3.63, 3.8) is 0 Å². The van der Waals surface area contributed by atoms with Crippen LogP contribution in [0.4, 0.5) is 0 Å². The van der Waals surface area contributed by atoms with Crippen molar-refractivity contribution in [1.29, 1.82) is 0 Å². The second kappa shape index (κ2) is 37.4. The fraction of sp³-hybridized carbons (Fsp3) is 0.617. The fourth-order valence-electron chi connectivity index (χ4n) is 7.18. The first-order chi connectivity index (χ1) is 37.2. The lowest BCUT2D eigenvalue weighted by molar-refractivity contribution is -0.143. The van der Waals surface area contributed by atoms with E-state index >= 15 is 0 Å². The number of nitrogens with zero attached hydrogens (tertiary/aromatic N) is 1. The van der Waals surface area contributed by atoms with Crippen molar-refractivity contribution < 1.29 is 73.2 Å². The summed E-state index contributed by atoms with van der Waals surface area (Å²) in [7, 11) is 0. The maximum Gasteiger partial charge on any atom is 0.326 e. The number of aliphatic carboxylic acids is 2. The zero-order chi connectivity index (χ0) is 59.9. The van der Waals surface area contributed by atoms with Gasteiger partial charge in [0.15, 0.2) is 5.96 Å². The number of guanidine groups is 1. The number of nitrogens with one attached hydrogen (secondary N) is 9. The van der Waals surface area contributed by atoms with E-state index in [9.17, 15) is 73.2 Å². The van der Waals surface area contributed by atoms with E-state index in [0.717, 1.165) is 12.5 Å². The molecule has 0 bridgehead atoms. The van der Waals surface area contributed by atoms with Crippen LogP contribution < -0.4 is 70.8 Å². The van der Waals surface area contributed by atoms with Gasteiger partial charge < -0.3 is 91.2 Å². The van der Waals surface area contributed by atoms with Crippen molar-refractivity contribution in [2.45, 2.75) is 139 Å². The van der Waals surface area contributed by atoms with E-state index in [0.29, 0.717) is 6.42 Å². The first kappa shape index (κ1) is 70.6. The summed E-state index contributed by atoms with van der Waals surface area (Å²) in [5, 5.41) is 61.1. The second-order valence-corrected chi connectivity index (χ2v) is 19.6. The van der Waals surface area contributed by atoms with Crippen LogP contribution in [0.2, 0.25) is 0 Å². The summed E-state index contributed by atoms with van der Waals surface area (Å²) in [4.78, 5) is 149. The Morgan fingerprint density at radius 2 is 0.987 bits per heavy atom. The van der Waals surface area contributed by atoms with Gasteiger partial charge in [-0.2, -0.15) is 37.9 Å². The van der Waals surface area contributed by atoms with Gasteiger partial charge in [-0.3, -0.25) is 52.9 Å². The minimum Gasteiger partial charge on any atom is -0.481 e. The molecule has 9 amide bonds. The molecule has 0 unspecified atom stereocenters. The molecule has 11 atom stereocenters. The number of carboxylic acids is 2. The first-order valence-electron chi connectivity index (χ1n) is 25.1. The average molecular weight is 1180 g/mol. The van der Waals surface area contributed by atoms with Crippen LogP contribution in [-0.4, -0.2) is 195 Å². The van der Waals surface area contributed by atoms with E-state index in [4.69, 9.17) is 22.9 Å². The Morgan fingerprint density at radius 1 is 0.557 bits per heavy atom. The van der Waals surface area contributed by atoms with E-state index in [1.807, 2.05) is 0 Å². The van der Waals surface area contributed by atoms with Gasteiger partial charge in [0, 0.05) is 23.8 Å². The summed E-state index contributed by atoms with van der Waals surface area (Å²) in [5.74, 6) is -13.7. The number of carbonyl (C=O) groups is 11. The topological polar surface area (TPSA) is 493 Å². The quantitative estimate of drug-likeness (QED) is 0.0127. The maximum atomic E-state index is 13.8. The number of hydrogen-bond acceptors (Lipinski definition) is 19. The van der Waals surface area contributed by atoms with E-state index in [1.165, 1.54) is 0 Å². The van der Waals surface area contributed by atoms with Crippen molar-refractivity contribution in [1.82, 2.24) is 47.9 Å². The lowest BCUT2D eigenvalue weighted by Gasteiger charge is -2.28. The number of carbonyl (C=O) groups excluding carboxylic acids is 9. The summed E-state index contributed by atoms with van der Waals surface area (Å²) < 4.78 is 0. The SMILES string of the molecule is CC(C)C[C@H](NC(=O)[C@@H](NC(=O)[C@H](CO)NC(=O)[C@H](CC(=O)O)NC(=O)[C@H](CS)NC(=O)[C@H](CCCCN)NC(=O)[C@H](CS)NC(=O)[C@H](CS)NC(=O)[C@@H](N)Cc1ccccc1)[C@@H](C)O)C(=O)N[C@@H](CCCN=C(N)N)C(=O)O. The molecule has 79 heavy (non-hydrogen) atoms. The number of benzene rings is 1. The molecule has 0 spiro atoms. The highest BCUT2D eigenvalue weighted by atomic mass is 32.1. The molecule has 32 heteroatoms. The minimum absolute atomic E-state index is 0.0408. The summed E-state index contributed by atoms with van der Waals surface area (Å²) in [6.07, 6.45) is -2.00. The van der Waals surface area contributed by atoms with Crippen molar-refractivity contribution in [3.8, 4) is 0 Å². The van der Waals surface area contributed by atoms with Crippen LogP contribution in [0.1, 0.15) is 71.3 Å². The van der Waals surface area contributed by atoms with Gasteiger partial charge in [-0.15, -0.1) is 0 Å². The number of nitrogens with two attached hydrogens (primary N) is 4. The molecule has 0 fully saturated rings. The number of rotatable bonds is 38. The van der Waals surface area contributed by atoms with Crippen LogP contribution in [0, 0.1) is 5.92 Å². The van der Waals surface area contributed by atoms with Gasteiger partial charge in [-0.05, 0) is 69.9 Å². The normalized spacial score (nSPS) is 15.2. The summed E-state index contributed by atoms with van der Waals surface area (Å²) in [5.41, 5.74) is 23.1. The van der Waals surface area contributed by atoms with Crippen LogP contribution >= 0.6 is 37.9 Å². The number of amides is 9. The second-order valence-electron chi connectivity index (χ2n) is 18.5. The van der Waals surface area contributed by atoms with Gasteiger partial charge in [0.05, 0.1) is 25.2 Å². The lowest BCUT2D eigenvalue weighted by Crippen LogP contribution is -2.62. The number of thiol groups is 3. The highest BCUT2D eigenvalue weighted by Crippen LogP contribution is 2.10. The minimum atomic E-state index is -2.00. The van der Waals surface area contributed by atoms with E-state index in [2.05, 4.69) is 90.7 Å². The molecule has 0 saturated carbocycles. The predicted octanol–water partition coefficient (Wildman–Crippen LogP) is -6.13. The molecule has 0 saturated heterocycles. The number of aliphatic hydroxyl groups excluding tert-OH is 2. The van der Waals surface area contributed by atoms with Crippen molar-refractivity contribution >= 4 is 109 Å². The Hall–Kier alpha value is -6.45.